The van der Waals surface area contributed by atoms with Gasteiger partial charge in [0.2, 0.25) is 0 Å². The molecule has 0 aliphatic rings. The number of benzene rings is 2. The molecule has 0 aromatic heterocycles. The summed E-state index contributed by atoms with van der Waals surface area (Å²) < 4.78 is 21.5. The predicted octanol–water partition coefficient (Wildman–Crippen LogP) is 4.51. The van der Waals surface area contributed by atoms with E-state index in [9.17, 15) is 4.79 Å². The molecule has 5 nitrogen and oxygen atoms in total. The molecule has 2 rings (SSSR count). The highest BCUT2D eigenvalue weighted by Gasteiger charge is 2.19. The average molecular weight is 370 g/mol. The van der Waals surface area contributed by atoms with E-state index >= 15 is 0 Å². The van der Waals surface area contributed by atoms with Crippen molar-refractivity contribution in [1.82, 2.24) is 0 Å². The SMILES string of the molecule is C=C(C(=O)OCC)C(C)c1ccc(OCc2ccc(OC)cc2)c(OC)c1. The number of rotatable bonds is 9. The van der Waals surface area contributed by atoms with Crippen molar-refractivity contribution in [3.05, 3.63) is 65.7 Å². The standard InChI is InChI=1S/C22H26O5/c1-6-26-22(23)16(3)15(2)18-9-12-20(21(13-18)25-5)27-14-17-7-10-19(24-4)11-8-17/h7-13,15H,3,6,14H2,1-2,4-5H3. The van der Waals surface area contributed by atoms with E-state index in [1.807, 2.05) is 49.4 Å². The Balaban J connectivity index is 2.10. The number of ether oxygens (including phenoxy) is 4. The third kappa shape index (κ3) is 5.26. The maximum absolute atomic E-state index is 11.9. The van der Waals surface area contributed by atoms with Crippen LogP contribution in [0.2, 0.25) is 0 Å². The molecule has 0 bridgehead atoms. The molecule has 1 atom stereocenters. The molecule has 0 aliphatic heterocycles. The van der Waals surface area contributed by atoms with E-state index in [2.05, 4.69) is 6.58 Å². The Hall–Kier alpha value is -2.95. The number of hydrogen-bond donors (Lipinski definition) is 0. The van der Waals surface area contributed by atoms with Crippen molar-refractivity contribution in [2.75, 3.05) is 20.8 Å². The second kappa shape index (κ2) is 9.67. The van der Waals surface area contributed by atoms with E-state index in [1.165, 1.54) is 0 Å². The van der Waals surface area contributed by atoms with E-state index < -0.39 is 0 Å². The summed E-state index contributed by atoms with van der Waals surface area (Å²) in [4.78, 5) is 11.9. The van der Waals surface area contributed by atoms with Gasteiger partial charge in [-0.15, -0.1) is 0 Å². The highest BCUT2D eigenvalue weighted by atomic mass is 16.5. The molecular formula is C22H26O5. The minimum absolute atomic E-state index is 0.186. The van der Waals surface area contributed by atoms with E-state index in [0.29, 0.717) is 30.3 Å². The van der Waals surface area contributed by atoms with Crippen molar-refractivity contribution in [2.45, 2.75) is 26.4 Å². The normalized spacial score (nSPS) is 11.4. The summed E-state index contributed by atoms with van der Waals surface area (Å²) in [7, 11) is 3.22. The van der Waals surface area contributed by atoms with Gasteiger partial charge in [0.25, 0.3) is 0 Å². The van der Waals surface area contributed by atoms with Gasteiger partial charge < -0.3 is 18.9 Å². The zero-order valence-corrected chi connectivity index (χ0v) is 16.3. The summed E-state index contributed by atoms with van der Waals surface area (Å²) in [6.45, 7) is 8.27. The maximum Gasteiger partial charge on any atom is 0.334 e. The van der Waals surface area contributed by atoms with Gasteiger partial charge in [0.1, 0.15) is 12.4 Å². The molecule has 0 fully saturated rings. The molecular weight excluding hydrogens is 344 g/mol. The van der Waals surface area contributed by atoms with Crippen LogP contribution < -0.4 is 14.2 Å². The largest absolute Gasteiger partial charge is 0.497 e. The lowest BCUT2D eigenvalue weighted by Gasteiger charge is -2.17. The van der Waals surface area contributed by atoms with Crippen LogP contribution in [0.5, 0.6) is 17.2 Å². The Morgan fingerprint density at radius 1 is 1.04 bits per heavy atom. The van der Waals surface area contributed by atoms with Gasteiger partial charge in [-0.05, 0) is 42.3 Å². The number of carbonyl (C=O) groups is 1. The Bertz CT molecular complexity index is 780. The Morgan fingerprint density at radius 2 is 1.74 bits per heavy atom. The van der Waals surface area contributed by atoms with Crippen molar-refractivity contribution in [3.63, 3.8) is 0 Å². The number of esters is 1. The quantitative estimate of drug-likeness (QED) is 0.480. The van der Waals surface area contributed by atoms with Gasteiger partial charge in [-0.25, -0.2) is 4.79 Å². The van der Waals surface area contributed by atoms with E-state index in [1.54, 1.807) is 21.1 Å². The van der Waals surface area contributed by atoms with Crippen LogP contribution in [-0.4, -0.2) is 26.8 Å². The minimum Gasteiger partial charge on any atom is -0.497 e. The highest BCUT2D eigenvalue weighted by Crippen LogP contribution is 2.33. The van der Waals surface area contributed by atoms with E-state index in [0.717, 1.165) is 16.9 Å². The third-order valence-electron chi connectivity index (χ3n) is 4.30. The molecule has 0 saturated heterocycles. The first kappa shape index (κ1) is 20.4. The lowest BCUT2D eigenvalue weighted by molar-refractivity contribution is -0.138. The monoisotopic (exact) mass is 370 g/mol. The van der Waals surface area contributed by atoms with Crippen LogP contribution in [0.4, 0.5) is 0 Å². The van der Waals surface area contributed by atoms with Gasteiger partial charge in [0, 0.05) is 11.5 Å². The van der Waals surface area contributed by atoms with Gasteiger partial charge >= 0.3 is 5.97 Å². The summed E-state index contributed by atoms with van der Waals surface area (Å²) in [6, 6.07) is 13.3. The van der Waals surface area contributed by atoms with Gasteiger partial charge in [-0.2, -0.15) is 0 Å². The Morgan fingerprint density at radius 3 is 2.33 bits per heavy atom. The molecule has 0 radical (unpaired) electrons. The van der Waals surface area contributed by atoms with Gasteiger partial charge in [0.15, 0.2) is 11.5 Å². The Labute approximate surface area is 160 Å². The summed E-state index contributed by atoms with van der Waals surface area (Å²) in [5.74, 6) is 1.46. The molecule has 0 aliphatic carbocycles. The summed E-state index contributed by atoms with van der Waals surface area (Å²) in [5, 5.41) is 0. The second-order valence-corrected chi connectivity index (χ2v) is 6.01. The summed E-state index contributed by atoms with van der Waals surface area (Å²) in [5.41, 5.74) is 2.33. The van der Waals surface area contributed by atoms with Crippen LogP contribution in [0.1, 0.15) is 30.9 Å². The summed E-state index contributed by atoms with van der Waals surface area (Å²) in [6.07, 6.45) is 0. The van der Waals surface area contributed by atoms with Crippen molar-refractivity contribution in [3.8, 4) is 17.2 Å². The molecule has 27 heavy (non-hydrogen) atoms. The highest BCUT2D eigenvalue weighted by molar-refractivity contribution is 5.89. The first-order valence-electron chi connectivity index (χ1n) is 8.79. The molecule has 144 valence electrons. The van der Waals surface area contributed by atoms with Crippen LogP contribution in [0.25, 0.3) is 0 Å². The van der Waals surface area contributed by atoms with Crippen LogP contribution >= 0.6 is 0 Å². The molecule has 0 spiro atoms. The molecule has 5 heteroatoms. The molecule has 2 aromatic rings. The van der Waals surface area contributed by atoms with Gasteiger partial charge in [-0.3, -0.25) is 0 Å². The molecule has 0 saturated carbocycles. The fourth-order valence-electron chi connectivity index (χ4n) is 2.56. The molecule has 0 heterocycles. The van der Waals surface area contributed by atoms with Crippen LogP contribution in [-0.2, 0) is 16.1 Å². The molecule has 2 aromatic carbocycles. The van der Waals surface area contributed by atoms with Gasteiger partial charge in [0.05, 0.1) is 20.8 Å². The van der Waals surface area contributed by atoms with Crippen LogP contribution in [0.15, 0.2) is 54.6 Å². The van der Waals surface area contributed by atoms with Crippen molar-refractivity contribution >= 4 is 5.97 Å². The lowest BCUT2D eigenvalue weighted by Crippen LogP contribution is -2.12. The predicted molar refractivity (Wildman–Crippen MR) is 105 cm³/mol. The lowest BCUT2D eigenvalue weighted by atomic mass is 9.93. The zero-order chi connectivity index (χ0) is 19.8. The maximum atomic E-state index is 11.9. The molecule has 1 unspecified atom stereocenters. The first-order valence-corrected chi connectivity index (χ1v) is 8.79. The van der Waals surface area contributed by atoms with E-state index in [-0.39, 0.29) is 11.9 Å². The van der Waals surface area contributed by atoms with Crippen molar-refractivity contribution in [2.24, 2.45) is 0 Å². The molecule has 0 amide bonds. The fraction of sp³-hybridized carbons (Fsp3) is 0.318. The van der Waals surface area contributed by atoms with Crippen LogP contribution in [0.3, 0.4) is 0 Å². The number of methoxy groups -OCH3 is 2. The smallest absolute Gasteiger partial charge is 0.334 e. The summed E-state index contributed by atoms with van der Waals surface area (Å²) >= 11 is 0. The fourth-order valence-corrected chi connectivity index (χ4v) is 2.56. The van der Waals surface area contributed by atoms with Gasteiger partial charge in [-0.1, -0.05) is 31.7 Å². The van der Waals surface area contributed by atoms with E-state index in [4.69, 9.17) is 18.9 Å². The molecule has 0 N–H and O–H groups in total. The van der Waals surface area contributed by atoms with Crippen LogP contribution in [0, 0.1) is 0 Å². The Kier molecular flexibility index (Phi) is 7.29. The first-order chi connectivity index (χ1) is 13.0. The van der Waals surface area contributed by atoms with Crippen molar-refractivity contribution in [1.29, 1.82) is 0 Å². The second-order valence-electron chi connectivity index (χ2n) is 6.01. The average Bonchev–Trinajstić information content (AvgIpc) is 2.71. The number of carbonyl (C=O) groups excluding carboxylic acids is 1. The number of hydrogen-bond acceptors (Lipinski definition) is 5. The zero-order valence-electron chi connectivity index (χ0n) is 16.3. The minimum atomic E-state index is -0.385. The third-order valence-corrected chi connectivity index (χ3v) is 4.30. The topological polar surface area (TPSA) is 54.0 Å². The van der Waals surface area contributed by atoms with Crippen molar-refractivity contribution < 1.29 is 23.7 Å².